The van der Waals surface area contributed by atoms with Crippen LogP contribution >= 0.6 is 0 Å². The molecular formula is C9H12O4. The lowest BCUT2D eigenvalue weighted by Crippen LogP contribution is -2.30. The Labute approximate surface area is 76.5 Å². The summed E-state index contributed by atoms with van der Waals surface area (Å²) >= 11 is 0. The zero-order chi connectivity index (χ0) is 9.84. The minimum Gasteiger partial charge on any atom is -0.497 e. The van der Waals surface area contributed by atoms with Gasteiger partial charge in [-0.25, -0.2) is 0 Å². The SMILES string of the molecule is CCOC(=O)C(C(C)=O)C1=COC1. The van der Waals surface area contributed by atoms with Crippen molar-refractivity contribution in [3.8, 4) is 0 Å². The van der Waals surface area contributed by atoms with E-state index in [0.717, 1.165) is 0 Å². The van der Waals surface area contributed by atoms with Crippen LogP contribution in [0.2, 0.25) is 0 Å². The Hall–Kier alpha value is -1.32. The van der Waals surface area contributed by atoms with Crippen molar-refractivity contribution < 1.29 is 19.1 Å². The molecule has 0 aromatic carbocycles. The summed E-state index contributed by atoms with van der Waals surface area (Å²) in [5.41, 5.74) is 0.700. The van der Waals surface area contributed by atoms with Gasteiger partial charge in [-0.1, -0.05) is 0 Å². The van der Waals surface area contributed by atoms with Gasteiger partial charge in [-0.3, -0.25) is 9.59 Å². The molecule has 0 bridgehead atoms. The monoisotopic (exact) mass is 184 g/mol. The Kier molecular flexibility index (Phi) is 3.06. The van der Waals surface area contributed by atoms with E-state index < -0.39 is 11.9 Å². The molecule has 0 aliphatic carbocycles. The highest BCUT2D eigenvalue weighted by atomic mass is 16.5. The molecule has 1 atom stereocenters. The molecule has 0 radical (unpaired) electrons. The second kappa shape index (κ2) is 4.07. The smallest absolute Gasteiger partial charge is 0.320 e. The van der Waals surface area contributed by atoms with Gasteiger partial charge in [0.1, 0.15) is 18.3 Å². The number of ether oxygens (including phenoxy) is 2. The van der Waals surface area contributed by atoms with Crippen molar-refractivity contribution in [3.05, 3.63) is 11.8 Å². The molecule has 0 spiro atoms. The Bertz CT molecular complexity index is 254. The van der Waals surface area contributed by atoms with E-state index in [9.17, 15) is 9.59 Å². The summed E-state index contributed by atoms with van der Waals surface area (Å²) in [4.78, 5) is 22.4. The first kappa shape index (κ1) is 9.77. The summed E-state index contributed by atoms with van der Waals surface area (Å²) in [6.07, 6.45) is 1.43. The lowest BCUT2D eigenvalue weighted by molar-refractivity contribution is -0.150. The second-order valence-corrected chi connectivity index (χ2v) is 2.80. The van der Waals surface area contributed by atoms with Gasteiger partial charge >= 0.3 is 5.97 Å². The van der Waals surface area contributed by atoms with E-state index in [-0.39, 0.29) is 12.4 Å². The summed E-state index contributed by atoms with van der Waals surface area (Å²) in [6, 6.07) is 0. The van der Waals surface area contributed by atoms with Crippen molar-refractivity contribution in [2.45, 2.75) is 13.8 Å². The Morgan fingerprint density at radius 3 is 2.62 bits per heavy atom. The van der Waals surface area contributed by atoms with Gasteiger partial charge in [0.2, 0.25) is 0 Å². The third-order valence-corrected chi connectivity index (χ3v) is 1.78. The molecule has 0 amide bonds. The fraction of sp³-hybridized carbons (Fsp3) is 0.556. The van der Waals surface area contributed by atoms with Crippen LogP contribution in [0.1, 0.15) is 13.8 Å². The normalized spacial score (nSPS) is 16.3. The molecule has 0 aromatic heterocycles. The maximum Gasteiger partial charge on any atom is 0.320 e. The van der Waals surface area contributed by atoms with Gasteiger partial charge in [-0.2, -0.15) is 0 Å². The molecule has 0 aromatic rings. The van der Waals surface area contributed by atoms with E-state index in [1.165, 1.54) is 13.2 Å². The summed E-state index contributed by atoms with van der Waals surface area (Å²) in [6.45, 7) is 3.72. The van der Waals surface area contributed by atoms with Gasteiger partial charge in [-0.15, -0.1) is 0 Å². The highest BCUT2D eigenvalue weighted by Gasteiger charge is 2.32. The van der Waals surface area contributed by atoms with Gasteiger partial charge in [0.15, 0.2) is 0 Å². The van der Waals surface area contributed by atoms with E-state index in [0.29, 0.717) is 12.2 Å². The molecule has 1 aliphatic rings. The first-order chi connectivity index (χ1) is 6.16. The van der Waals surface area contributed by atoms with Gasteiger partial charge in [0.25, 0.3) is 0 Å². The molecule has 1 rings (SSSR count). The number of ketones is 1. The molecule has 72 valence electrons. The number of rotatable bonds is 4. The Balaban J connectivity index is 2.67. The Morgan fingerprint density at radius 2 is 2.31 bits per heavy atom. The number of carbonyl (C=O) groups is 2. The minimum absolute atomic E-state index is 0.201. The maximum absolute atomic E-state index is 11.3. The van der Waals surface area contributed by atoms with E-state index in [4.69, 9.17) is 9.47 Å². The second-order valence-electron chi connectivity index (χ2n) is 2.80. The van der Waals surface area contributed by atoms with E-state index in [2.05, 4.69) is 0 Å². The first-order valence-electron chi connectivity index (χ1n) is 4.14. The van der Waals surface area contributed by atoms with Gasteiger partial charge in [0.05, 0.1) is 12.9 Å². The summed E-state index contributed by atoms with van der Waals surface area (Å²) in [5.74, 6) is -1.44. The van der Waals surface area contributed by atoms with Crippen LogP contribution in [-0.2, 0) is 19.1 Å². The van der Waals surface area contributed by atoms with Crippen LogP contribution in [0.5, 0.6) is 0 Å². The van der Waals surface area contributed by atoms with Gasteiger partial charge in [0, 0.05) is 5.57 Å². The summed E-state index contributed by atoms with van der Waals surface area (Å²) in [7, 11) is 0. The fourth-order valence-corrected chi connectivity index (χ4v) is 1.13. The molecule has 1 unspecified atom stereocenters. The quantitative estimate of drug-likeness (QED) is 0.476. The van der Waals surface area contributed by atoms with Crippen molar-refractivity contribution >= 4 is 11.8 Å². The molecule has 0 saturated carbocycles. The third kappa shape index (κ3) is 2.08. The molecule has 4 heteroatoms. The molecule has 1 heterocycles. The lowest BCUT2D eigenvalue weighted by atomic mass is 9.95. The number of hydrogen-bond donors (Lipinski definition) is 0. The third-order valence-electron chi connectivity index (χ3n) is 1.78. The van der Waals surface area contributed by atoms with Crippen molar-refractivity contribution in [1.82, 2.24) is 0 Å². The van der Waals surface area contributed by atoms with Crippen molar-refractivity contribution in [2.24, 2.45) is 5.92 Å². The molecule has 0 N–H and O–H groups in total. The summed E-state index contributed by atoms with van der Waals surface area (Å²) < 4.78 is 9.54. The number of carbonyl (C=O) groups excluding carboxylic acids is 2. The van der Waals surface area contributed by atoms with E-state index in [1.807, 2.05) is 0 Å². The van der Waals surface area contributed by atoms with Crippen LogP contribution in [0.4, 0.5) is 0 Å². The molecular weight excluding hydrogens is 172 g/mol. The van der Waals surface area contributed by atoms with Crippen LogP contribution in [0.25, 0.3) is 0 Å². The topological polar surface area (TPSA) is 52.6 Å². The lowest BCUT2D eigenvalue weighted by Gasteiger charge is -2.21. The summed E-state index contributed by atoms with van der Waals surface area (Å²) in [5, 5.41) is 0. The zero-order valence-electron chi connectivity index (χ0n) is 7.70. The van der Waals surface area contributed by atoms with Crippen LogP contribution in [0.3, 0.4) is 0 Å². The van der Waals surface area contributed by atoms with Gasteiger partial charge < -0.3 is 9.47 Å². The minimum atomic E-state index is -0.756. The van der Waals surface area contributed by atoms with Crippen LogP contribution in [-0.4, -0.2) is 25.0 Å². The first-order valence-corrected chi connectivity index (χ1v) is 4.14. The van der Waals surface area contributed by atoms with Crippen molar-refractivity contribution in [1.29, 1.82) is 0 Å². The van der Waals surface area contributed by atoms with Crippen LogP contribution in [0, 0.1) is 5.92 Å². The van der Waals surface area contributed by atoms with Crippen molar-refractivity contribution in [3.63, 3.8) is 0 Å². The van der Waals surface area contributed by atoms with Crippen molar-refractivity contribution in [2.75, 3.05) is 13.2 Å². The highest BCUT2D eigenvalue weighted by molar-refractivity contribution is 6.01. The number of Topliss-reactive ketones (excluding diaryl/α,β-unsaturated/α-hetero) is 1. The Morgan fingerprint density at radius 1 is 1.69 bits per heavy atom. The standard InChI is InChI=1S/C9H12O4/c1-3-13-9(11)8(6(2)10)7-4-12-5-7/h4,8H,3,5H2,1-2H3. The van der Waals surface area contributed by atoms with Crippen LogP contribution in [0.15, 0.2) is 11.8 Å². The molecule has 1 aliphatic heterocycles. The largest absolute Gasteiger partial charge is 0.497 e. The molecule has 13 heavy (non-hydrogen) atoms. The van der Waals surface area contributed by atoms with E-state index in [1.54, 1.807) is 6.92 Å². The van der Waals surface area contributed by atoms with Gasteiger partial charge in [-0.05, 0) is 13.8 Å². The highest BCUT2D eigenvalue weighted by Crippen LogP contribution is 2.21. The number of esters is 1. The average molecular weight is 184 g/mol. The number of hydrogen-bond acceptors (Lipinski definition) is 4. The average Bonchev–Trinajstić information content (AvgIpc) is 1.95. The molecule has 0 fully saturated rings. The van der Waals surface area contributed by atoms with Crippen LogP contribution < -0.4 is 0 Å². The fourth-order valence-electron chi connectivity index (χ4n) is 1.13. The predicted octanol–water partition coefficient (Wildman–Crippen LogP) is 0.669. The molecule has 4 nitrogen and oxygen atoms in total. The van der Waals surface area contributed by atoms with E-state index >= 15 is 0 Å². The maximum atomic E-state index is 11.3. The molecule has 0 saturated heterocycles. The predicted molar refractivity (Wildman–Crippen MR) is 44.8 cm³/mol. The zero-order valence-corrected chi connectivity index (χ0v) is 7.70.